The summed E-state index contributed by atoms with van der Waals surface area (Å²) in [5.41, 5.74) is 9.48. The van der Waals surface area contributed by atoms with Crippen molar-refractivity contribution in [2.24, 2.45) is 0 Å². The normalized spacial score (nSPS) is 19.2. The molecule has 1 unspecified atom stereocenters. The molecular formula is C15H18N4O. The number of aromatic nitrogens is 1. The van der Waals surface area contributed by atoms with Crippen LogP contribution in [-0.2, 0) is 4.79 Å². The minimum atomic E-state index is -0.185. The fourth-order valence-corrected chi connectivity index (χ4v) is 2.70. The molecule has 1 atom stereocenters. The molecule has 3 N–H and O–H groups in total. The van der Waals surface area contributed by atoms with Crippen LogP contribution >= 0.6 is 0 Å². The van der Waals surface area contributed by atoms with Crippen molar-refractivity contribution in [1.29, 1.82) is 0 Å². The van der Waals surface area contributed by atoms with Crippen molar-refractivity contribution in [2.45, 2.75) is 19.9 Å². The second-order valence-electron chi connectivity index (χ2n) is 5.22. The average molecular weight is 270 g/mol. The molecule has 1 aromatic carbocycles. The third-order valence-corrected chi connectivity index (χ3v) is 3.75. The molecule has 1 aliphatic heterocycles. The summed E-state index contributed by atoms with van der Waals surface area (Å²) < 4.78 is 0. The smallest absolute Gasteiger partial charge is 0.242 e. The van der Waals surface area contributed by atoms with Gasteiger partial charge in [0.2, 0.25) is 5.91 Å². The summed E-state index contributed by atoms with van der Waals surface area (Å²) in [6.45, 7) is 5.34. The highest BCUT2D eigenvalue weighted by Gasteiger charge is 2.27. The van der Waals surface area contributed by atoms with Crippen molar-refractivity contribution in [2.75, 3.05) is 23.7 Å². The predicted octanol–water partition coefficient (Wildman–Crippen LogP) is 1.45. The Morgan fingerprint density at radius 3 is 3.00 bits per heavy atom. The van der Waals surface area contributed by atoms with Crippen LogP contribution in [0, 0.1) is 6.92 Å². The molecule has 20 heavy (non-hydrogen) atoms. The molecule has 0 saturated carbocycles. The van der Waals surface area contributed by atoms with Gasteiger partial charge in [-0.15, -0.1) is 0 Å². The van der Waals surface area contributed by atoms with Crippen molar-refractivity contribution < 1.29 is 4.79 Å². The molecule has 0 aliphatic carbocycles. The zero-order valence-electron chi connectivity index (χ0n) is 11.7. The Bertz CT molecular complexity index is 683. The molecule has 1 fully saturated rings. The number of aryl methyl sites for hydroxylation is 1. The molecule has 3 rings (SSSR count). The first-order chi connectivity index (χ1) is 9.56. The largest absolute Gasteiger partial charge is 0.399 e. The number of fused-ring (bicyclic) bond motifs is 1. The predicted molar refractivity (Wildman–Crippen MR) is 80.7 cm³/mol. The van der Waals surface area contributed by atoms with Gasteiger partial charge in [0.1, 0.15) is 6.04 Å². The van der Waals surface area contributed by atoms with Crippen molar-refractivity contribution in [3.63, 3.8) is 0 Å². The molecule has 0 radical (unpaired) electrons. The number of amides is 1. The van der Waals surface area contributed by atoms with Gasteiger partial charge in [0.15, 0.2) is 0 Å². The average Bonchev–Trinajstić information content (AvgIpc) is 2.42. The minimum Gasteiger partial charge on any atom is -0.399 e. The zero-order chi connectivity index (χ0) is 14.3. The first-order valence-electron chi connectivity index (χ1n) is 6.77. The van der Waals surface area contributed by atoms with E-state index >= 15 is 0 Å². The van der Waals surface area contributed by atoms with Gasteiger partial charge in [0.05, 0.1) is 5.52 Å². The number of nitrogens with zero attached hydrogens (tertiary/aromatic N) is 2. The van der Waals surface area contributed by atoms with E-state index in [1.165, 1.54) is 0 Å². The molecule has 5 heteroatoms. The lowest BCUT2D eigenvalue weighted by Gasteiger charge is -2.35. The van der Waals surface area contributed by atoms with Gasteiger partial charge in [0, 0.05) is 35.5 Å². The quantitative estimate of drug-likeness (QED) is 0.769. The van der Waals surface area contributed by atoms with Gasteiger partial charge >= 0.3 is 0 Å². The molecule has 1 amide bonds. The number of carbonyl (C=O) groups is 1. The number of nitrogens with two attached hydrogens (primary N) is 1. The molecule has 2 heterocycles. The summed E-state index contributed by atoms with van der Waals surface area (Å²) in [6, 6.07) is 7.55. The number of rotatable bonds is 1. The Balaban J connectivity index is 2.19. The Kier molecular flexibility index (Phi) is 2.97. The summed E-state index contributed by atoms with van der Waals surface area (Å²) in [7, 11) is 0. The van der Waals surface area contributed by atoms with Crippen LogP contribution in [0.5, 0.6) is 0 Å². The highest BCUT2D eigenvalue weighted by atomic mass is 16.2. The van der Waals surface area contributed by atoms with Crippen LogP contribution in [0.3, 0.4) is 0 Å². The minimum absolute atomic E-state index is 0.0581. The summed E-state index contributed by atoms with van der Waals surface area (Å²) in [4.78, 5) is 18.5. The fraction of sp³-hybridized carbons (Fsp3) is 0.333. The molecule has 1 aromatic heterocycles. The molecule has 5 nitrogen and oxygen atoms in total. The van der Waals surface area contributed by atoms with Crippen LogP contribution in [0.2, 0.25) is 0 Å². The first kappa shape index (κ1) is 12.7. The van der Waals surface area contributed by atoms with E-state index < -0.39 is 0 Å². The lowest BCUT2D eigenvalue weighted by atomic mass is 10.1. The van der Waals surface area contributed by atoms with Gasteiger partial charge in [-0.3, -0.25) is 9.78 Å². The lowest BCUT2D eigenvalue weighted by molar-refractivity contribution is -0.122. The molecule has 0 bridgehead atoms. The Labute approximate surface area is 117 Å². The number of nitrogen functional groups attached to an aromatic ring is 1. The maximum atomic E-state index is 11.9. The van der Waals surface area contributed by atoms with Crippen molar-refractivity contribution in [1.82, 2.24) is 10.3 Å². The van der Waals surface area contributed by atoms with Crippen LogP contribution in [-0.4, -0.2) is 30.0 Å². The first-order valence-corrected chi connectivity index (χ1v) is 6.77. The standard InChI is InChI=1S/C15H18N4O/c1-9-7-14(19-6-5-17-15(20)10(19)2)12-8-11(16)3-4-13(12)18-9/h3-4,7-8,10H,5-6,16H2,1-2H3,(H,17,20). The molecule has 0 spiro atoms. The van der Waals surface area contributed by atoms with Crippen LogP contribution in [0.4, 0.5) is 11.4 Å². The SMILES string of the molecule is Cc1cc(N2CCNC(=O)C2C)c2cc(N)ccc2n1. The molecule has 1 saturated heterocycles. The van der Waals surface area contributed by atoms with E-state index in [0.717, 1.165) is 28.8 Å². The van der Waals surface area contributed by atoms with Crippen LogP contribution in [0.15, 0.2) is 24.3 Å². The second kappa shape index (κ2) is 4.67. The highest BCUT2D eigenvalue weighted by molar-refractivity contribution is 5.96. The van der Waals surface area contributed by atoms with E-state index in [-0.39, 0.29) is 11.9 Å². The van der Waals surface area contributed by atoms with Gasteiger partial charge < -0.3 is 16.0 Å². The number of pyridine rings is 1. The van der Waals surface area contributed by atoms with Gasteiger partial charge in [-0.25, -0.2) is 0 Å². The Hall–Kier alpha value is -2.30. The third-order valence-electron chi connectivity index (χ3n) is 3.75. The van der Waals surface area contributed by atoms with Crippen LogP contribution in [0.25, 0.3) is 10.9 Å². The van der Waals surface area contributed by atoms with E-state index in [0.29, 0.717) is 12.2 Å². The fourth-order valence-electron chi connectivity index (χ4n) is 2.70. The second-order valence-corrected chi connectivity index (χ2v) is 5.22. The molecule has 2 aromatic rings. The van der Waals surface area contributed by atoms with Crippen LogP contribution < -0.4 is 16.0 Å². The molecule has 1 aliphatic rings. The monoisotopic (exact) mass is 270 g/mol. The lowest BCUT2D eigenvalue weighted by Crippen LogP contribution is -2.54. The Morgan fingerprint density at radius 1 is 1.40 bits per heavy atom. The number of piperazine rings is 1. The maximum Gasteiger partial charge on any atom is 0.242 e. The number of anilines is 2. The van der Waals surface area contributed by atoms with E-state index in [1.54, 1.807) is 0 Å². The maximum absolute atomic E-state index is 11.9. The topological polar surface area (TPSA) is 71.2 Å². The van der Waals surface area contributed by atoms with Crippen molar-refractivity contribution in [3.05, 3.63) is 30.0 Å². The summed E-state index contributed by atoms with van der Waals surface area (Å²) in [5.74, 6) is 0.0581. The van der Waals surface area contributed by atoms with Crippen molar-refractivity contribution >= 4 is 28.2 Å². The number of hydrogen-bond acceptors (Lipinski definition) is 4. The summed E-state index contributed by atoms with van der Waals surface area (Å²) in [6.07, 6.45) is 0. The van der Waals surface area contributed by atoms with E-state index in [4.69, 9.17) is 5.73 Å². The zero-order valence-corrected chi connectivity index (χ0v) is 11.7. The number of nitrogens with one attached hydrogen (secondary N) is 1. The number of hydrogen-bond donors (Lipinski definition) is 2. The number of benzene rings is 1. The summed E-state index contributed by atoms with van der Waals surface area (Å²) >= 11 is 0. The van der Waals surface area contributed by atoms with Gasteiger partial charge in [-0.2, -0.15) is 0 Å². The summed E-state index contributed by atoms with van der Waals surface area (Å²) in [5, 5.41) is 3.88. The van der Waals surface area contributed by atoms with Crippen molar-refractivity contribution in [3.8, 4) is 0 Å². The van der Waals surface area contributed by atoms with Gasteiger partial charge in [-0.1, -0.05) is 0 Å². The van der Waals surface area contributed by atoms with Gasteiger partial charge in [-0.05, 0) is 38.1 Å². The van der Waals surface area contributed by atoms with E-state index in [2.05, 4.69) is 15.2 Å². The van der Waals surface area contributed by atoms with Crippen LogP contribution in [0.1, 0.15) is 12.6 Å². The van der Waals surface area contributed by atoms with E-state index in [9.17, 15) is 4.79 Å². The molecular weight excluding hydrogens is 252 g/mol. The third kappa shape index (κ3) is 2.05. The highest BCUT2D eigenvalue weighted by Crippen LogP contribution is 2.30. The Morgan fingerprint density at radius 2 is 2.20 bits per heavy atom. The van der Waals surface area contributed by atoms with E-state index in [1.807, 2.05) is 38.1 Å². The van der Waals surface area contributed by atoms with Gasteiger partial charge in [0.25, 0.3) is 0 Å². The number of carbonyl (C=O) groups excluding carboxylic acids is 1. The molecule has 104 valence electrons.